The maximum atomic E-state index is 5.94. The first-order chi connectivity index (χ1) is 8.19. The Morgan fingerprint density at radius 1 is 1.59 bits per heavy atom. The van der Waals surface area contributed by atoms with Crippen molar-refractivity contribution < 1.29 is 0 Å². The second kappa shape index (κ2) is 6.12. The minimum absolute atomic E-state index is 0.291. The van der Waals surface area contributed by atoms with Gasteiger partial charge in [-0.05, 0) is 25.5 Å². The van der Waals surface area contributed by atoms with Gasteiger partial charge in [0.1, 0.15) is 0 Å². The first kappa shape index (κ1) is 13.2. The van der Waals surface area contributed by atoms with Gasteiger partial charge in [0.25, 0.3) is 0 Å². The van der Waals surface area contributed by atoms with Crippen LogP contribution in [-0.4, -0.2) is 17.0 Å². The van der Waals surface area contributed by atoms with E-state index >= 15 is 0 Å². The van der Waals surface area contributed by atoms with Gasteiger partial charge < -0.3 is 5.32 Å². The van der Waals surface area contributed by atoms with Crippen LogP contribution in [0.25, 0.3) is 0 Å². The van der Waals surface area contributed by atoms with Gasteiger partial charge in [-0.25, -0.2) is 0 Å². The number of thioether (sulfide) groups is 1. The molecule has 0 radical (unpaired) electrons. The normalized spacial score (nSPS) is 21.4. The Balaban J connectivity index is 1.86. The smallest absolute Gasteiger partial charge is 0.157 e. The van der Waals surface area contributed by atoms with Crippen molar-refractivity contribution in [3.05, 3.63) is 21.3 Å². The second-order valence-electron chi connectivity index (χ2n) is 4.18. The Bertz CT molecular complexity index is 403. The molecule has 1 N–H and O–H groups in total. The Labute approximate surface area is 116 Å². The van der Waals surface area contributed by atoms with E-state index in [-0.39, 0.29) is 0 Å². The number of amidine groups is 1. The minimum Gasteiger partial charge on any atom is -0.358 e. The first-order valence-electron chi connectivity index (χ1n) is 5.92. The van der Waals surface area contributed by atoms with E-state index in [2.05, 4.69) is 30.2 Å². The highest BCUT2D eigenvalue weighted by Crippen LogP contribution is 2.29. The summed E-state index contributed by atoms with van der Waals surface area (Å²) in [5.74, 6) is 0. The van der Waals surface area contributed by atoms with Gasteiger partial charge in [-0.3, -0.25) is 4.99 Å². The number of nitrogens with one attached hydrogen (secondary N) is 1. The second-order valence-corrected chi connectivity index (χ2v) is 7.22. The third-order valence-corrected chi connectivity index (χ3v) is 5.29. The highest BCUT2D eigenvalue weighted by Gasteiger charge is 2.20. The molecule has 0 bridgehead atoms. The lowest BCUT2D eigenvalue weighted by molar-refractivity contribution is 0.733. The van der Waals surface area contributed by atoms with Crippen LogP contribution in [0.15, 0.2) is 17.1 Å². The molecule has 1 aliphatic rings. The molecule has 94 valence electrons. The van der Waals surface area contributed by atoms with Crippen LogP contribution in [0.2, 0.25) is 4.34 Å². The third-order valence-electron chi connectivity index (χ3n) is 2.69. The summed E-state index contributed by atoms with van der Waals surface area (Å²) in [6.45, 7) is 5.33. The van der Waals surface area contributed by atoms with Crippen molar-refractivity contribution in [2.75, 3.05) is 6.54 Å². The SMILES string of the molecule is CCCC1CN=C(NC(C)c2ccc(Cl)s2)S1. The van der Waals surface area contributed by atoms with Crippen LogP contribution in [0, 0.1) is 0 Å². The highest BCUT2D eigenvalue weighted by molar-refractivity contribution is 8.14. The summed E-state index contributed by atoms with van der Waals surface area (Å²) in [7, 11) is 0. The fourth-order valence-corrected chi connectivity index (χ4v) is 4.06. The summed E-state index contributed by atoms with van der Waals surface area (Å²) >= 11 is 9.45. The van der Waals surface area contributed by atoms with E-state index in [1.807, 2.05) is 17.8 Å². The molecule has 1 aromatic rings. The van der Waals surface area contributed by atoms with Gasteiger partial charge in [0.15, 0.2) is 5.17 Å². The zero-order valence-electron chi connectivity index (χ0n) is 10.1. The van der Waals surface area contributed by atoms with Gasteiger partial charge in [-0.1, -0.05) is 36.7 Å². The summed E-state index contributed by atoms with van der Waals surface area (Å²) in [5, 5.41) is 5.21. The Kier molecular flexibility index (Phi) is 4.77. The van der Waals surface area contributed by atoms with Gasteiger partial charge >= 0.3 is 0 Å². The Morgan fingerprint density at radius 2 is 2.41 bits per heavy atom. The molecule has 0 saturated heterocycles. The molecule has 5 heteroatoms. The van der Waals surface area contributed by atoms with Crippen molar-refractivity contribution in [2.45, 2.75) is 38.0 Å². The van der Waals surface area contributed by atoms with Crippen molar-refractivity contribution in [1.29, 1.82) is 0 Å². The van der Waals surface area contributed by atoms with E-state index in [9.17, 15) is 0 Å². The molecule has 0 saturated carbocycles. The van der Waals surface area contributed by atoms with Crippen LogP contribution in [-0.2, 0) is 0 Å². The van der Waals surface area contributed by atoms with E-state index in [0.29, 0.717) is 11.3 Å². The van der Waals surface area contributed by atoms with Gasteiger partial charge in [-0.2, -0.15) is 0 Å². The van der Waals surface area contributed by atoms with Crippen LogP contribution in [0.1, 0.15) is 37.6 Å². The maximum absolute atomic E-state index is 5.94. The molecule has 2 atom stereocenters. The summed E-state index contributed by atoms with van der Waals surface area (Å²) in [6, 6.07) is 4.32. The number of aliphatic imine (C=N–C) groups is 1. The molecule has 0 aliphatic carbocycles. The van der Waals surface area contributed by atoms with Crippen molar-refractivity contribution in [1.82, 2.24) is 5.32 Å². The molecule has 0 aromatic carbocycles. The van der Waals surface area contributed by atoms with Crippen LogP contribution in [0.4, 0.5) is 0 Å². The predicted molar refractivity (Wildman–Crippen MR) is 79.5 cm³/mol. The summed E-state index contributed by atoms with van der Waals surface area (Å²) in [6.07, 6.45) is 2.48. The van der Waals surface area contributed by atoms with Crippen LogP contribution in [0.3, 0.4) is 0 Å². The standard InChI is InChI=1S/C12H17ClN2S2/c1-3-4-9-7-14-12(16-9)15-8(2)10-5-6-11(13)17-10/h5-6,8-9H,3-4,7H2,1-2H3,(H,14,15). The average Bonchev–Trinajstić information content (AvgIpc) is 2.88. The van der Waals surface area contributed by atoms with Crippen molar-refractivity contribution >= 4 is 39.9 Å². The first-order valence-corrected chi connectivity index (χ1v) is 7.99. The zero-order chi connectivity index (χ0) is 12.3. The van der Waals surface area contributed by atoms with Gasteiger partial charge in [-0.15, -0.1) is 11.3 Å². The molecule has 0 amide bonds. The molecule has 17 heavy (non-hydrogen) atoms. The lowest BCUT2D eigenvalue weighted by atomic mass is 10.2. The lowest BCUT2D eigenvalue weighted by Gasteiger charge is -2.13. The van der Waals surface area contributed by atoms with Crippen molar-refractivity contribution in [3.8, 4) is 0 Å². The predicted octanol–water partition coefficient (Wildman–Crippen LogP) is 4.32. The minimum atomic E-state index is 0.291. The average molecular weight is 289 g/mol. The Morgan fingerprint density at radius 3 is 3.06 bits per heavy atom. The molecule has 1 aromatic heterocycles. The number of thiophene rings is 1. The van der Waals surface area contributed by atoms with E-state index in [0.717, 1.165) is 16.0 Å². The van der Waals surface area contributed by atoms with Crippen LogP contribution < -0.4 is 5.32 Å². The number of halogens is 1. The molecular weight excluding hydrogens is 272 g/mol. The topological polar surface area (TPSA) is 24.4 Å². The van der Waals surface area contributed by atoms with Crippen molar-refractivity contribution in [3.63, 3.8) is 0 Å². The maximum Gasteiger partial charge on any atom is 0.157 e. The van der Waals surface area contributed by atoms with Gasteiger partial charge in [0.05, 0.1) is 16.9 Å². The molecular formula is C12H17ClN2S2. The highest BCUT2D eigenvalue weighted by atomic mass is 35.5. The zero-order valence-corrected chi connectivity index (χ0v) is 12.5. The summed E-state index contributed by atoms with van der Waals surface area (Å²) < 4.78 is 0.846. The quantitative estimate of drug-likeness (QED) is 0.892. The fourth-order valence-electron chi connectivity index (χ4n) is 1.79. The molecule has 2 rings (SSSR count). The molecule has 0 spiro atoms. The van der Waals surface area contributed by atoms with E-state index in [1.54, 1.807) is 11.3 Å². The van der Waals surface area contributed by atoms with E-state index < -0.39 is 0 Å². The Hall–Kier alpha value is -0.190. The van der Waals surface area contributed by atoms with E-state index in [1.165, 1.54) is 17.7 Å². The lowest BCUT2D eigenvalue weighted by Crippen LogP contribution is -2.22. The fraction of sp³-hybridized carbons (Fsp3) is 0.583. The van der Waals surface area contributed by atoms with E-state index in [4.69, 9.17) is 11.6 Å². The van der Waals surface area contributed by atoms with Crippen molar-refractivity contribution in [2.24, 2.45) is 4.99 Å². The van der Waals surface area contributed by atoms with Crippen LogP contribution >= 0.6 is 34.7 Å². The molecule has 2 nitrogen and oxygen atoms in total. The number of hydrogen-bond acceptors (Lipinski definition) is 4. The summed E-state index contributed by atoms with van der Waals surface area (Å²) in [4.78, 5) is 5.81. The molecule has 2 heterocycles. The molecule has 1 aliphatic heterocycles. The number of nitrogens with zero attached hydrogens (tertiary/aromatic N) is 1. The molecule has 0 fully saturated rings. The summed E-state index contributed by atoms with van der Waals surface area (Å²) in [5.41, 5.74) is 0. The van der Waals surface area contributed by atoms with Gasteiger partial charge in [0, 0.05) is 10.1 Å². The third kappa shape index (κ3) is 3.63. The number of hydrogen-bond donors (Lipinski definition) is 1. The van der Waals surface area contributed by atoms with Gasteiger partial charge in [0.2, 0.25) is 0 Å². The number of rotatable bonds is 4. The largest absolute Gasteiger partial charge is 0.358 e. The van der Waals surface area contributed by atoms with Crippen LogP contribution in [0.5, 0.6) is 0 Å². The molecule has 2 unspecified atom stereocenters. The monoisotopic (exact) mass is 288 g/mol.